The van der Waals surface area contributed by atoms with Gasteiger partial charge in [0.2, 0.25) is 11.8 Å². The van der Waals surface area contributed by atoms with E-state index in [1.54, 1.807) is 6.92 Å². The van der Waals surface area contributed by atoms with Crippen LogP contribution in [0.3, 0.4) is 0 Å². The molecule has 0 fully saturated rings. The van der Waals surface area contributed by atoms with Crippen molar-refractivity contribution in [1.29, 1.82) is 0 Å². The molecule has 3 rings (SSSR count). The number of hydrogen-bond acceptors (Lipinski definition) is 3. The van der Waals surface area contributed by atoms with Gasteiger partial charge < -0.3 is 8.98 Å². The van der Waals surface area contributed by atoms with Gasteiger partial charge >= 0.3 is 0 Å². The topological polar surface area (TPSA) is 43.9 Å². The Morgan fingerprint density at radius 1 is 0.842 bits per heavy atom. The molecular formula is C15H15N3O. The molecule has 0 saturated carbocycles. The van der Waals surface area contributed by atoms with E-state index in [4.69, 9.17) is 4.42 Å². The summed E-state index contributed by atoms with van der Waals surface area (Å²) in [5.74, 6) is 1.14. The van der Waals surface area contributed by atoms with Crippen molar-refractivity contribution in [2.75, 3.05) is 0 Å². The van der Waals surface area contributed by atoms with Crippen LogP contribution in [0.1, 0.15) is 17.3 Å². The van der Waals surface area contributed by atoms with Crippen molar-refractivity contribution in [2.24, 2.45) is 0 Å². The smallest absolute Gasteiger partial charge is 0.247 e. The minimum Gasteiger partial charge on any atom is -0.421 e. The highest BCUT2D eigenvalue weighted by molar-refractivity contribution is 5.55. The summed E-state index contributed by atoms with van der Waals surface area (Å²) in [6.07, 6.45) is 0. The molecule has 96 valence electrons. The van der Waals surface area contributed by atoms with Gasteiger partial charge in [-0.2, -0.15) is 0 Å². The van der Waals surface area contributed by atoms with Crippen LogP contribution in [0.4, 0.5) is 0 Å². The standard InChI is InChI=1S/C15H15N3O/c1-10-4-5-11(2)18(10)14-8-6-13(7-9-14)15-17-16-12(3)19-15/h4-9H,1-3H3. The first-order valence-electron chi connectivity index (χ1n) is 6.21. The van der Waals surface area contributed by atoms with Gasteiger partial charge in [-0.15, -0.1) is 10.2 Å². The molecule has 4 nitrogen and oxygen atoms in total. The second-order valence-corrected chi connectivity index (χ2v) is 4.62. The van der Waals surface area contributed by atoms with E-state index in [0.29, 0.717) is 11.8 Å². The van der Waals surface area contributed by atoms with E-state index < -0.39 is 0 Å². The molecule has 19 heavy (non-hydrogen) atoms. The highest BCUT2D eigenvalue weighted by Gasteiger charge is 2.07. The zero-order valence-corrected chi connectivity index (χ0v) is 11.2. The normalized spacial score (nSPS) is 10.9. The maximum absolute atomic E-state index is 5.42. The number of nitrogens with zero attached hydrogens (tertiary/aromatic N) is 3. The third kappa shape index (κ3) is 2.05. The van der Waals surface area contributed by atoms with Crippen LogP contribution >= 0.6 is 0 Å². The Bertz CT molecular complexity index is 688. The highest BCUT2D eigenvalue weighted by Crippen LogP contribution is 2.21. The lowest BCUT2D eigenvalue weighted by Gasteiger charge is -2.09. The molecule has 1 aromatic carbocycles. The first-order chi connectivity index (χ1) is 9.15. The van der Waals surface area contributed by atoms with Crippen molar-refractivity contribution in [3.8, 4) is 17.1 Å². The maximum Gasteiger partial charge on any atom is 0.247 e. The van der Waals surface area contributed by atoms with E-state index in [1.165, 1.54) is 11.4 Å². The minimum atomic E-state index is 0.560. The van der Waals surface area contributed by atoms with Crippen molar-refractivity contribution >= 4 is 0 Å². The predicted molar refractivity (Wildman–Crippen MR) is 73.3 cm³/mol. The summed E-state index contributed by atoms with van der Waals surface area (Å²) in [7, 11) is 0. The van der Waals surface area contributed by atoms with E-state index >= 15 is 0 Å². The Labute approximate surface area is 111 Å². The molecule has 0 aliphatic heterocycles. The summed E-state index contributed by atoms with van der Waals surface area (Å²) in [6, 6.07) is 12.4. The SMILES string of the molecule is Cc1nnc(-c2ccc(-n3c(C)ccc3C)cc2)o1. The molecule has 0 atom stereocenters. The first kappa shape index (κ1) is 11.7. The van der Waals surface area contributed by atoms with Crippen molar-refractivity contribution in [3.05, 3.63) is 53.7 Å². The Kier molecular flexibility index (Phi) is 2.71. The second kappa shape index (κ2) is 4.39. The molecule has 2 heterocycles. The number of benzene rings is 1. The van der Waals surface area contributed by atoms with E-state index in [9.17, 15) is 0 Å². The Morgan fingerprint density at radius 3 is 2.00 bits per heavy atom. The van der Waals surface area contributed by atoms with Crippen LogP contribution in [0.25, 0.3) is 17.1 Å². The summed E-state index contributed by atoms with van der Waals surface area (Å²) >= 11 is 0. The molecule has 0 unspecified atom stereocenters. The lowest BCUT2D eigenvalue weighted by molar-refractivity contribution is 0.533. The molecule has 0 spiro atoms. The quantitative estimate of drug-likeness (QED) is 0.702. The highest BCUT2D eigenvalue weighted by atomic mass is 16.4. The largest absolute Gasteiger partial charge is 0.421 e. The summed E-state index contributed by atoms with van der Waals surface area (Å²) in [5.41, 5.74) is 4.52. The van der Waals surface area contributed by atoms with Gasteiger partial charge in [0.05, 0.1) is 0 Å². The van der Waals surface area contributed by atoms with Crippen LogP contribution in [0.2, 0.25) is 0 Å². The Balaban J connectivity index is 2.00. The number of rotatable bonds is 2. The summed E-state index contributed by atoms with van der Waals surface area (Å²) in [5, 5.41) is 7.86. The van der Waals surface area contributed by atoms with Crippen molar-refractivity contribution < 1.29 is 4.42 Å². The Morgan fingerprint density at radius 2 is 1.47 bits per heavy atom. The van der Waals surface area contributed by atoms with E-state index in [-0.39, 0.29) is 0 Å². The molecular weight excluding hydrogens is 238 g/mol. The second-order valence-electron chi connectivity index (χ2n) is 4.62. The molecule has 0 radical (unpaired) electrons. The van der Waals surface area contributed by atoms with Crippen LogP contribution in [0, 0.1) is 20.8 Å². The molecule has 3 aromatic rings. The molecule has 0 aliphatic rings. The Hall–Kier alpha value is -2.36. The van der Waals surface area contributed by atoms with Crippen LogP contribution in [0.5, 0.6) is 0 Å². The van der Waals surface area contributed by atoms with Gasteiger partial charge in [-0.1, -0.05) is 0 Å². The van der Waals surface area contributed by atoms with Crippen LogP contribution in [-0.2, 0) is 0 Å². The monoisotopic (exact) mass is 253 g/mol. The minimum absolute atomic E-state index is 0.560. The van der Waals surface area contributed by atoms with Gasteiger partial charge in [-0.25, -0.2) is 0 Å². The van der Waals surface area contributed by atoms with E-state index in [2.05, 4.69) is 52.9 Å². The third-order valence-electron chi connectivity index (χ3n) is 3.17. The first-order valence-corrected chi connectivity index (χ1v) is 6.21. The lowest BCUT2D eigenvalue weighted by atomic mass is 10.2. The van der Waals surface area contributed by atoms with Gasteiger partial charge in [0.1, 0.15) is 0 Å². The van der Waals surface area contributed by atoms with Crippen LogP contribution < -0.4 is 0 Å². The van der Waals surface area contributed by atoms with Crippen LogP contribution in [-0.4, -0.2) is 14.8 Å². The average Bonchev–Trinajstić information content (AvgIpc) is 2.97. The third-order valence-corrected chi connectivity index (χ3v) is 3.17. The zero-order valence-electron chi connectivity index (χ0n) is 11.2. The van der Waals surface area contributed by atoms with Crippen molar-refractivity contribution in [3.63, 3.8) is 0 Å². The number of hydrogen-bond donors (Lipinski definition) is 0. The van der Waals surface area contributed by atoms with Crippen molar-refractivity contribution in [2.45, 2.75) is 20.8 Å². The van der Waals surface area contributed by atoms with Crippen LogP contribution in [0.15, 0.2) is 40.8 Å². The van der Waals surface area contributed by atoms with Gasteiger partial charge in [-0.05, 0) is 50.2 Å². The molecule has 2 aromatic heterocycles. The maximum atomic E-state index is 5.42. The average molecular weight is 253 g/mol. The zero-order chi connectivity index (χ0) is 13.4. The number of aryl methyl sites for hydroxylation is 3. The van der Waals surface area contributed by atoms with Crippen molar-refractivity contribution in [1.82, 2.24) is 14.8 Å². The molecule has 0 amide bonds. The molecule has 4 heteroatoms. The molecule has 0 aliphatic carbocycles. The molecule has 0 N–H and O–H groups in total. The summed E-state index contributed by atoms with van der Waals surface area (Å²) in [4.78, 5) is 0. The van der Waals surface area contributed by atoms with E-state index in [1.807, 2.05) is 12.1 Å². The van der Waals surface area contributed by atoms with E-state index in [0.717, 1.165) is 11.3 Å². The number of aromatic nitrogens is 3. The fraction of sp³-hybridized carbons (Fsp3) is 0.200. The van der Waals surface area contributed by atoms with Gasteiger partial charge in [0.25, 0.3) is 0 Å². The van der Waals surface area contributed by atoms with Gasteiger partial charge in [0.15, 0.2) is 0 Å². The lowest BCUT2D eigenvalue weighted by Crippen LogP contribution is -1.98. The molecule has 0 saturated heterocycles. The summed E-state index contributed by atoms with van der Waals surface area (Å²) < 4.78 is 7.63. The summed E-state index contributed by atoms with van der Waals surface area (Å²) in [6.45, 7) is 5.99. The molecule has 0 bridgehead atoms. The fourth-order valence-electron chi connectivity index (χ4n) is 2.24. The fourth-order valence-corrected chi connectivity index (χ4v) is 2.24. The predicted octanol–water partition coefficient (Wildman–Crippen LogP) is 3.45. The van der Waals surface area contributed by atoms with Gasteiger partial charge in [-0.3, -0.25) is 0 Å². The van der Waals surface area contributed by atoms with Gasteiger partial charge in [0, 0.05) is 29.6 Å².